The molecule has 0 atom stereocenters. The SMILES string of the molecule is C1=Cc2c(c(-c3ccc(-c4ccc5oc6cc7ccccc7cc6c5c4)nc3)c3ccccc3c2-c2ccc3c(c2)C(c2ccccc2)(c2ccccc2)c2ccccc2-3)CC1. The van der Waals surface area contributed by atoms with Gasteiger partial charge in [0.2, 0.25) is 0 Å². The number of hydrogen-bond donors (Lipinski definition) is 0. The first kappa shape index (κ1) is 35.0. The van der Waals surface area contributed by atoms with Gasteiger partial charge in [0.05, 0.1) is 11.1 Å². The molecule has 2 aliphatic rings. The predicted molar refractivity (Wildman–Crippen MR) is 257 cm³/mol. The van der Waals surface area contributed by atoms with Crippen molar-refractivity contribution < 1.29 is 4.42 Å². The number of nitrogens with zero attached hydrogens (tertiary/aromatic N) is 1. The van der Waals surface area contributed by atoms with Crippen LogP contribution in [-0.4, -0.2) is 4.98 Å². The highest BCUT2D eigenvalue weighted by atomic mass is 16.3. The van der Waals surface area contributed by atoms with Crippen LogP contribution >= 0.6 is 0 Å². The number of pyridine rings is 1. The van der Waals surface area contributed by atoms with E-state index in [1.807, 2.05) is 0 Å². The maximum absolute atomic E-state index is 6.32. The average molecular weight is 790 g/mol. The molecule has 2 heterocycles. The average Bonchev–Trinajstić information content (AvgIpc) is 3.85. The summed E-state index contributed by atoms with van der Waals surface area (Å²) < 4.78 is 6.32. The molecule has 9 aromatic carbocycles. The third-order valence-corrected chi connectivity index (χ3v) is 13.6. The Balaban J connectivity index is 0.974. The minimum atomic E-state index is -0.465. The summed E-state index contributed by atoms with van der Waals surface area (Å²) in [6.07, 6.45) is 8.78. The highest BCUT2D eigenvalue weighted by Gasteiger charge is 2.46. The summed E-state index contributed by atoms with van der Waals surface area (Å²) in [6, 6.07) is 71.2. The molecule has 0 aliphatic heterocycles. The first-order valence-corrected chi connectivity index (χ1v) is 21.7. The van der Waals surface area contributed by atoms with E-state index in [1.165, 1.54) is 82.7 Å². The van der Waals surface area contributed by atoms with Gasteiger partial charge in [0.15, 0.2) is 0 Å². The molecule has 2 aromatic heterocycles. The number of benzene rings is 9. The predicted octanol–water partition coefficient (Wildman–Crippen LogP) is 15.6. The van der Waals surface area contributed by atoms with Gasteiger partial charge in [-0.05, 0) is 138 Å². The number of rotatable bonds is 5. The van der Waals surface area contributed by atoms with Crippen LogP contribution in [0.4, 0.5) is 0 Å². The second-order valence-electron chi connectivity index (χ2n) is 16.9. The van der Waals surface area contributed by atoms with Gasteiger partial charge in [0.1, 0.15) is 11.2 Å². The van der Waals surface area contributed by atoms with E-state index in [-0.39, 0.29) is 0 Å². The van der Waals surface area contributed by atoms with Gasteiger partial charge in [-0.1, -0.05) is 164 Å². The van der Waals surface area contributed by atoms with Crippen LogP contribution in [0.3, 0.4) is 0 Å². The maximum Gasteiger partial charge on any atom is 0.136 e. The fourth-order valence-corrected chi connectivity index (χ4v) is 11.0. The zero-order chi connectivity index (χ0) is 40.8. The molecule has 2 nitrogen and oxygen atoms in total. The highest BCUT2D eigenvalue weighted by Crippen LogP contribution is 2.57. The van der Waals surface area contributed by atoms with Gasteiger partial charge < -0.3 is 4.42 Å². The lowest BCUT2D eigenvalue weighted by Gasteiger charge is -2.34. The Hall–Kier alpha value is -7.81. The fraction of sp³-hybridized carbons (Fsp3) is 0.0500. The summed E-state index contributed by atoms with van der Waals surface area (Å²) in [5, 5.41) is 7.13. The topological polar surface area (TPSA) is 26.0 Å². The third-order valence-electron chi connectivity index (χ3n) is 13.6. The molecular weight excluding hydrogens is 751 g/mol. The van der Waals surface area contributed by atoms with Crippen molar-refractivity contribution in [2.75, 3.05) is 0 Å². The van der Waals surface area contributed by atoms with Crippen LogP contribution in [0.2, 0.25) is 0 Å². The third kappa shape index (κ3) is 5.07. The Bertz CT molecular complexity index is 3570. The van der Waals surface area contributed by atoms with Crippen molar-refractivity contribution in [3.05, 3.63) is 240 Å². The standard InChI is InChI=1S/C60H39NO/c1-3-17-43(18-4-1)60(44-19-5-2-6-20-44)53-26-14-13-21-45(53)46-30-27-41(35-54(46)60)58-47-22-9-11-24-49(47)59(50-25-12-10-23-48(50)58)42-28-31-55(61-37-42)40-29-32-56-51(34-40)52-33-38-15-7-8-16-39(38)36-57(52)62-56/h1-11,13-24,26-37H,12,25H2. The molecule has 13 rings (SSSR count). The molecule has 0 amide bonds. The molecule has 2 heteroatoms. The van der Waals surface area contributed by atoms with Crippen molar-refractivity contribution >= 4 is 49.6 Å². The smallest absolute Gasteiger partial charge is 0.136 e. The molecule has 62 heavy (non-hydrogen) atoms. The molecule has 0 fully saturated rings. The van der Waals surface area contributed by atoms with Crippen LogP contribution in [0.25, 0.3) is 94.2 Å². The van der Waals surface area contributed by atoms with E-state index >= 15 is 0 Å². The lowest BCUT2D eigenvalue weighted by atomic mass is 9.67. The van der Waals surface area contributed by atoms with Crippen molar-refractivity contribution in [1.82, 2.24) is 4.98 Å². The molecule has 0 spiro atoms. The number of furan rings is 1. The Kier molecular flexibility index (Phi) is 7.68. The number of hydrogen-bond acceptors (Lipinski definition) is 2. The molecule has 0 bridgehead atoms. The van der Waals surface area contributed by atoms with E-state index in [0.717, 1.165) is 51.6 Å². The van der Waals surface area contributed by atoms with E-state index in [9.17, 15) is 0 Å². The van der Waals surface area contributed by atoms with Crippen LogP contribution in [0.5, 0.6) is 0 Å². The molecule has 0 saturated carbocycles. The summed E-state index contributed by atoms with van der Waals surface area (Å²) >= 11 is 0. The van der Waals surface area contributed by atoms with E-state index in [2.05, 4.69) is 212 Å². The van der Waals surface area contributed by atoms with E-state index in [4.69, 9.17) is 9.40 Å². The van der Waals surface area contributed by atoms with Gasteiger partial charge in [0.25, 0.3) is 0 Å². The largest absolute Gasteiger partial charge is 0.456 e. The fourth-order valence-electron chi connectivity index (χ4n) is 11.0. The van der Waals surface area contributed by atoms with Crippen molar-refractivity contribution in [2.45, 2.75) is 18.3 Å². The van der Waals surface area contributed by atoms with E-state index in [0.29, 0.717) is 0 Å². The number of aromatic nitrogens is 1. The van der Waals surface area contributed by atoms with Crippen molar-refractivity contribution in [3.8, 4) is 44.6 Å². The minimum Gasteiger partial charge on any atom is -0.456 e. The Labute approximate surface area is 360 Å². The maximum atomic E-state index is 6.32. The quantitative estimate of drug-likeness (QED) is 0.174. The normalized spacial score (nSPS) is 13.7. The number of allylic oxidation sites excluding steroid dienone is 1. The summed E-state index contributed by atoms with van der Waals surface area (Å²) in [7, 11) is 0. The molecular formula is C60H39NO. The molecule has 0 saturated heterocycles. The van der Waals surface area contributed by atoms with Crippen LogP contribution in [0.15, 0.2) is 211 Å². The van der Waals surface area contributed by atoms with Gasteiger partial charge in [-0.25, -0.2) is 0 Å². The molecule has 2 aliphatic carbocycles. The lowest BCUT2D eigenvalue weighted by molar-refractivity contribution is 0.669. The second kappa shape index (κ2) is 13.6. The molecule has 11 aromatic rings. The summed E-state index contributed by atoms with van der Waals surface area (Å²) in [4.78, 5) is 5.17. The second-order valence-corrected chi connectivity index (χ2v) is 16.9. The monoisotopic (exact) mass is 789 g/mol. The van der Waals surface area contributed by atoms with E-state index in [1.54, 1.807) is 0 Å². The molecule has 290 valence electrons. The summed E-state index contributed by atoms with van der Waals surface area (Å²) in [5.41, 5.74) is 18.8. The van der Waals surface area contributed by atoms with Crippen molar-refractivity contribution in [2.24, 2.45) is 0 Å². The summed E-state index contributed by atoms with van der Waals surface area (Å²) in [6.45, 7) is 0. The van der Waals surface area contributed by atoms with Crippen LogP contribution in [-0.2, 0) is 11.8 Å². The molecule has 0 unspecified atom stereocenters. The van der Waals surface area contributed by atoms with Crippen LogP contribution in [0.1, 0.15) is 39.8 Å². The first-order chi connectivity index (χ1) is 30.7. The summed E-state index contributed by atoms with van der Waals surface area (Å²) in [5.74, 6) is 0. The van der Waals surface area contributed by atoms with E-state index < -0.39 is 5.41 Å². The Morgan fingerprint density at radius 1 is 0.452 bits per heavy atom. The van der Waals surface area contributed by atoms with Crippen molar-refractivity contribution in [1.29, 1.82) is 0 Å². The van der Waals surface area contributed by atoms with Gasteiger partial charge in [0, 0.05) is 28.1 Å². The van der Waals surface area contributed by atoms with Crippen LogP contribution in [0, 0.1) is 0 Å². The highest BCUT2D eigenvalue weighted by molar-refractivity contribution is 6.12. The van der Waals surface area contributed by atoms with Gasteiger partial charge in [-0.2, -0.15) is 0 Å². The Morgan fingerprint density at radius 2 is 1.10 bits per heavy atom. The molecule has 0 radical (unpaired) electrons. The zero-order valence-corrected chi connectivity index (χ0v) is 34.0. The first-order valence-electron chi connectivity index (χ1n) is 21.7. The zero-order valence-electron chi connectivity index (χ0n) is 34.0. The lowest BCUT2D eigenvalue weighted by Crippen LogP contribution is -2.28. The number of fused-ring (bicyclic) bond motifs is 9. The minimum absolute atomic E-state index is 0.465. The van der Waals surface area contributed by atoms with Gasteiger partial charge in [-0.3, -0.25) is 4.98 Å². The van der Waals surface area contributed by atoms with Crippen molar-refractivity contribution in [3.63, 3.8) is 0 Å². The molecule has 0 N–H and O–H groups in total. The Morgan fingerprint density at radius 3 is 1.87 bits per heavy atom. The van der Waals surface area contributed by atoms with Gasteiger partial charge in [-0.15, -0.1) is 0 Å². The van der Waals surface area contributed by atoms with Gasteiger partial charge >= 0.3 is 0 Å². The van der Waals surface area contributed by atoms with Crippen LogP contribution < -0.4 is 0 Å².